The Hall–Kier alpha value is -1.46. The molecular formula is C20H27N3OS. The van der Waals surface area contributed by atoms with Crippen LogP contribution in [0.4, 0.5) is 0 Å². The van der Waals surface area contributed by atoms with Crippen LogP contribution in [0.25, 0.3) is 10.2 Å². The molecule has 1 aromatic carbocycles. The van der Waals surface area contributed by atoms with Crippen LogP contribution in [0.1, 0.15) is 50.1 Å². The minimum Gasteiger partial charge on any atom is -0.333 e. The van der Waals surface area contributed by atoms with Gasteiger partial charge >= 0.3 is 0 Å². The lowest BCUT2D eigenvalue weighted by atomic mass is 9.85. The maximum atomic E-state index is 13.0. The number of thiazole rings is 1. The molecule has 1 aromatic heterocycles. The smallest absolute Gasteiger partial charge is 0.223 e. The number of rotatable bonds is 4. The topological polar surface area (TPSA) is 45.2 Å². The van der Waals surface area contributed by atoms with E-state index in [-0.39, 0.29) is 6.04 Å². The minimum absolute atomic E-state index is 0.182. The van der Waals surface area contributed by atoms with Gasteiger partial charge in [0.25, 0.3) is 0 Å². The highest BCUT2D eigenvalue weighted by Gasteiger charge is 2.33. The highest BCUT2D eigenvalue weighted by molar-refractivity contribution is 7.18. The van der Waals surface area contributed by atoms with E-state index in [1.54, 1.807) is 11.3 Å². The molecule has 25 heavy (non-hydrogen) atoms. The number of nitrogens with one attached hydrogen (secondary N) is 1. The molecule has 0 bridgehead atoms. The molecule has 3 heterocycles. The minimum atomic E-state index is 0.182. The van der Waals surface area contributed by atoms with Crippen molar-refractivity contribution in [1.29, 1.82) is 0 Å². The van der Waals surface area contributed by atoms with Gasteiger partial charge in [-0.15, -0.1) is 11.3 Å². The quantitative estimate of drug-likeness (QED) is 0.900. The molecule has 134 valence electrons. The number of aromatic nitrogens is 1. The number of hydrogen-bond donors (Lipinski definition) is 1. The lowest BCUT2D eigenvalue weighted by Crippen LogP contribution is -2.37. The Kier molecular flexibility index (Phi) is 5.04. The first kappa shape index (κ1) is 17.0. The van der Waals surface area contributed by atoms with Crippen LogP contribution in [0, 0.1) is 11.8 Å². The van der Waals surface area contributed by atoms with Crippen molar-refractivity contribution in [3.05, 3.63) is 29.3 Å². The predicted octanol–water partition coefficient (Wildman–Crippen LogP) is 3.99. The van der Waals surface area contributed by atoms with E-state index >= 15 is 0 Å². The summed E-state index contributed by atoms with van der Waals surface area (Å²) in [6, 6.07) is 8.46. The lowest BCUT2D eigenvalue weighted by Gasteiger charge is -2.30. The first-order chi connectivity index (χ1) is 12.2. The van der Waals surface area contributed by atoms with Gasteiger partial charge in [-0.1, -0.05) is 19.1 Å². The molecular weight excluding hydrogens is 330 g/mol. The van der Waals surface area contributed by atoms with E-state index in [9.17, 15) is 4.79 Å². The summed E-state index contributed by atoms with van der Waals surface area (Å²) in [6.45, 7) is 5.33. The van der Waals surface area contributed by atoms with E-state index in [0.29, 0.717) is 24.2 Å². The normalized spacial score (nSPS) is 25.4. The summed E-state index contributed by atoms with van der Waals surface area (Å²) in [6.07, 6.45) is 5.30. The zero-order valence-electron chi connectivity index (χ0n) is 14.9. The monoisotopic (exact) mass is 357 g/mol. The second-order valence-corrected chi connectivity index (χ2v) is 8.62. The van der Waals surface area contributed by atoms with Crippen molar-refractivity contribution in [2.45, 2.75) is 45.1 Å². The summed E-state index contributed by atoms with van der Waals surface area (Å²) in [5.74, 6) is 1.41. The van der Waals surface area contributed by atoms with Crippen LogP contribution in [0.5, 0.6) is 0 Å². The molecule has 2 aliphatic heterocycles. The van der Waals surface area contributed by atoms with Crippen LogP contribution in [0.2, 0.25) is 0 Å². The average Bonchev–Trinajstić information content (AvgIpc) is 3.28. The van der Waals surface area contributed by atoms with Gasteiger partial charge < -0.3 is 10.2 Å². The fourth-order valence-corrected chi connectivity index (χ4v) is 5.39. The van der Waals surface area contributed by atoms with Crippen molar-refractivity contribution in [3.8, 4) is 0 Å². The van der Waals surface area contributed by atoms with Gasteiger partial charge in [0.05, 0.1) is 16.3 Å². The van der Waals surface area contributed by atoms with E-state index in [1.807, 2.05) is 6.07 Å². The van der Waals surface area contributed by atoms with Gasteiger partial charge in [-0.2, -0.15) is 0 Å². The molecule has 0 saturated carbocycles. The summed E-state index contributed by atoms with van der Waals surface area (Å²) in [4.78, 5) is 19.9. The highest BCUT2D eigenvalue weighted by Crippen LogP contribution is 2.37. The van der Waals surface area contributed by atoms with E-state index < -0.39 is 0 Å². The van der Waals surface area contributed by atoms with Gasteiger partial charge in [-0.05, 0) is 62.7 Å². The fraction of sp³-hybridized carbons (Fsp3) is 0.600. The number of carbonyl (C=O) groups excluding carboxylic acids is 1. The number of carbonyl (C=O) groups is 1. The first-order valence-corrected chi connectivity index (χ1v) is 10.4. The molecule has 3 unspecified atom stereocenters. The number of fused-ring (bicyclic) bond motifs is 1. The predicted molar refractivity (Wildman–Crippen MR) is 103 cm³/mol. The second-order valence-electron chi connectivity index (χ2n) is 7.55. The molecule has 2 aromatic rings. The Morgan fingerprint density at radius 3 is 3.04 bits per heavy atom. The van der Waals surface area contributed by atoms with Crippen LogP contribution < -0.4 is 5.32 Å². The van der Waals surface area contributed by atoms with Gasteiger partial charge in [0.2, 0.25) is 5.91 Å². The maximum Gasteiger partial charge on any atom is 0.223 e. The number of nitrogens with zero attached hydrogens (tertiary/aromatic N) is 2. The molecule has 1 N–H and O–H groups in total. The van der Waals surface area contributed by atoms with E-state index in [0.717, 1.165) is 43.0 Å². The van der Waals surface area contributed by atoms with Gasteiger partial charge in [-0.25, -0.2) is 4.98 Å². The van der Waals surface area contributed by atoms with E-state index in [1.165, 1.54) is 17.5 Å². The number of piperidine rings is 1. The summed E-state index contributed by atoms with van der Waals surface area (Å²) in [7, 11) is 0. The van der Waals surface area contributed by atoms with E-state index in [4.69, 9.17) is 4.98 Å². The van der Waals surface area contributed by atoms with Gasteiger partial charge in [0.1, 0.15) is 5.01 Å². The fourth-order valence-electron chi connectivity index (χ4n) is 4.28. The third kappa shape index (κ3) is 3.58. The summed E-state index contributed by atoms with van der Waals surface area (Å²) >= 11 is 1.75. The molecule has 2 fully saturated rings. The highest BCUT2D eigenvalue weighted by atomic mass is 32.1. The number of benzene rings is 1. The molecule has 2 aliphatic rings. The first-order valence-electron chi connectivity index (χ1n) is 9.58. The Morgan fingerprint density at radius 2 is 2.24 bits per heavy atom. The number of hydrogen-bond acceptors (Lipinski definition) is 4. The average molecular weight is 358 g/mol. The lowest BCUT2D eigenvalue weighted by molar-refractivity contribution is -0.133. The Morgan fingerprint density at radius 1 is 1.36 bits per heavy atom. The van der Waals surface area contributed by atoms with Crippen molar-refractivity contribution in [2.75, 3.05) is 19.6 Å². The molecule has 4 rings (SSSR count). The number of likely N-dealkylation sites (tertiary alicyclic amines) is 1. The Balaban J connectivity index is 1.45. The molecule has 2 saturated heterocycles. The van der Waals surface area contributed by atoms with E-state index in [2.05, 4.69) is 35.3 Å². The van der Waals surface area contributed by atoms with Crippen LogP contribution in [-0.4, -0.2) is 35.4 Å². The Labute approximate surface area is 153 Å². The van der Waals surface area contributed by atoms with Crippen molar-refractivity contribution >= 4 is 27.5 Å². The Bertz CT molecular complexity index is 704. The number of amides is 1. The SMILES string of the molecule is CC(CC(=O)N1CCCC1c1nc2ccccc2s1)C1CCCNC1. The van der Waals surface area contributed by atoms with Crippen LogP contribution in [0.3, 0.4) is 0 Å². The van der Waals surface area contributed by atoms with Crippen molar-refractivity contribution in [3.63, 3.8) is 0 Å². The molecule has 1 amide bonds. The zero-order valence-corrected chi connectivity index (χ0v) is 15.7. The maximum absolute atomic E-state index is 13.0. The van der Waals surface area contributed by atoms with Crippen LogP contribution in [-0.2, 0) is 4.79 Å². The summed E-state index contributed by atoms with van der Waals surface area (Å²) in [5, 5.41) is 4.59. The largest absolute Gasteiger partial charge is 0.333 e. The zero-order chi connectivity index (χ0) is 17.2. The molecule has 0 aliphatic carbocycles. The summed E-state index contributed by atoms with van der Waals surface area (Å²) in [5.41, 5.74) is 1.06. The molecule has 5 heteroatoms. The molecule has 0 radical (unpaired) electrons. The van der Waals surface area contributed by atoms with Crippen molar-refractivity contribution in [1.82, 2.24) is 15.2 Å². The van der Waals surface area contributed by atoms with Gasteiger partial charge in [0, 0.05) is 13.0 Å². The van der Waals surface area contributed by atoms with Crippen molar-refractivity contribution < 1.29 is 4.79 Å². The third-order valence-electron chi connectivity index (χ3n) is 5.80. The molecule has 3 atom stereocenters. The van der Waals surface area contributed by atoms with Gasteiger partial charge in [0.15, 0.2) is 0 Å². The third-order valence-corrected chi connectivity index (χ3v) is 6.94. The second kappa shape index (κ2) is 7.42. The van der Waals surface area contributed by atoms with Crippen LogP contribution in [0.15, 0.2) is 24.3 Å². The standard InChI is InChI=1S/C20H27N3OS/c1-14(15-6-4-10-21-13-15)12-19(24)23-11-5-8-17(23)20-22-16-7-2-3-9-18(16)25-20/h2-3,7,9,14-15,17,21H,4-6,8,10-13H2,1H3. The van der Waals surface area contributed by atoms with Crippen LogP contribution >= 0.6 is 11.3 Å². The molecule has 4 nitrogen and oxygen atoms in total. The van der Waals surface area contributed by atoms with Crippen molar-refractivity contribution in [2.24, 2.45) is 11.8 Å². The molecule has 0 spiro atoms. The number of para-hydroxylation sites is 1. The van der Waals surface area contributed by atoms with Gasteiger partial charge in [-0.3, -0.25) is 4.79 Å². The summed E-state index contributed by atoms with van der Waals surface area (Å²) < 4.78 is 1.22.